The summed E-state index contributed by atoms with van der Waals surface area (Å²) in [6.07, 6.45) is 1.47. The summed E-state index contributed by atoms with van der Waals surface area (Å²) in [6.45, 7) is 3.47. The lowest BCUT2D eigenvalue weighted by atomic mass is 10.1. The monoisotopic (exact) mass is 302 g/mol. The van der Waals surface area contributed by atoms with E-state index in [-0.39, 0.29) is 11.5 Å². The number of phenolic OH excluding ortho intramolecular Hbond substituents is 2. The number of hydrogen-bond acceptors (Lipinski definition) is 5. The van der Waals surface area contributed by atoms with Gasteiger partial charge in [0.25, 0.3) is 0 Å². The third kappa shape index (κ3) is 4.34. The Morgan fingerprint density at radius 1 is 0.909 bits per heavy atom. The molecule has 5 nitrogen and oxygen atoms in total. The molecule has 2 aromatic rings. The maximum Gasteiger partial charge on any atom is 0.161 e. The molecule has 0 aliphatic carbocycles. The highest BCUT2D eigenvalue weighted by molar-refractivity contribution is 5.77. The molecule has 0 aliphatic rings. The number of aryl methyl sites for hydroxylation is 2. The van der Waals surface area contributed by atoms with Crippen molar-refractivity contribution in [1.29, 1.82) is 0 Å². The molecule has 2 rings (SSSR count). The molecule has 0 fully saturated rings. The molecule has 0 bridgehead atoms. The van der Waals surface area contributed by atoms with Crippen LogP contribution >= 0.6 is 0 Å². The molecular formula is C17H18O5. The molecule has 22 heavy (non-hydrogen) atoms. The Hall–Kier alpha value is -2.82. The molecule has 2 aromatic carbocycles. The summed E-state index contributed by atoms with van der Waals surface area (Å²) in [7, 11) is 1.45. The Morgan fingerprint density at radius 2 is 1.50 bits per heavy atom. The Labute approximate surface area is 128 Å². The van der Waals surface area contributed by atoms with Gasteiger partial charge in [0, 0.05) is 11.1 Å². The summed E-state index contributed by atoms with van der Waals surface area (Å²) in [5, 5.41) is 18.4. The van der Waals surface area contributed by atoms with Crippen molar-refractivity contribution >= 4 is 12.6 Å². The number of rotatable bonds is 3. The van der Waals surface area contributed by atoms with E-state index in [4.69, 9.17) is 9.84 Å². The molecule has 116 valence electrons. The van der Waals surface area contributed by atoms with E-state index in [2.05, 4.69) is 0 Å². The number of aldehydes is 2. The lowest BCUT2D eigenvalue weighted by Crippen LogP contribution is -1.89. The van der Waals surface area contributed by atoms with Gasteiger partial charge in [0.1, 0.15) is 18.3 Å². The van der Waals surface area contributed by atoms with Crippen LogP contribution in [0.5, 0.6) is 17.2 Å². The largest absolute Gasteiger partial charge is 0.508 e. The number of hydrogen-bond donors (Lipinski definition) is 2. The Bertz CT molecular complexity index is 677. The van der Waals surface area contributed by atoms with Crippen molar-refractivity contribution in [3.63, 3.8) is 0 Å². The summed E-state index contributed by atoms with van der Waals surface area (Å²) in [5.74, 6) is 0.644. The van der Waals surface area contributed by atoms with Crippen molar-refractivity contribution in [2.75, 3.05) is 7.11 Å². The average molecular weight is 302 g/mol. The van der Waals surface area contributed by atoms with Crippen molar-refractivity contribution in [3.8, 4) is 17.2 Å². The summed E-state index contributed by atoms with van der Waals surface area (Å²) < 4.78 is 4.86. The van der Waals surface area contributed by atoms with Gasteiger partial charge in [0.2, 0.25) is 0 Å². The molecular weight excluding hydrogens is 284 g/mol. The second-order valence-electron chi connectivity index (χ2n) is 4.67. The third-order valence-electron chi connectivity index (χ3n) is 3.00. The first-order valence-electron chi connectivity index (χ1n) is 6.50. The average Bonchev–Trinajstić information content (AvgIpc) is 2.53. The third-order valence-corrected chi connectivity index (χ3v) is 3.00. The summed E-state index contributed by atoms with van der Waals surface area (Å²) >= 11 is 0. The molecule has 0 saturated heterocycles. The van der Waals surface area contributed by atoms with Gasteiger partial charge in [-0.15, -0.1) is 0 Å². The molecule has 0 heterocycles. The van der Waals surface area contributed by atoms with Gasteiger partial charge in [-0.2, -0.15) is 0 Å². The highest BCUT2D eigenvalue weighted by Gasteiger charge is 2.05. The fraction of sp³-hybridized carbons (Fsp3) is 0.176. The van der Waals surface area contributed by atoms with Gasteiger partial charge in [-0.25, -0.2) is 0 Å². The van der Waals surface area contributed by atoms with E-state index in [1.54, 1.807) is 32.0 Å². The molecule has 0 saturated carbocycles. The van der Waals surface area contributed by atoms with Crippen molar-refractivity contribution in [3.05, 3.63) is 52.6 Å². The first-order chi connectivity index (χ1) is 10.4. The van der Waals surface area contributed by atoms with Crippen LogP contribution in [0.3, 0.4) is 0 Å². The standard InChI is InChI=1S/C9H10O3.C8H8O2/c1-6-3-7(5-10)4-8(12-2)9(6)11;1-6-4-7(5-9)2-3-8(6)10/h3-5,11H,1-2H3;2-5,10H,1H3. The minimum atomic E-state index is 0.0862. The number of phenols is 2. The Morgan fingerprint density at radius 3 is 2.00 bits per heavy atom. The van der Waals surface area contributed by atoms with Crippen LogP contribution in [0, 0.1) is 13.8 Å². The van der Waals surface area contributed by atoms with Crippen molar-refractivity contribution in [2.45, 2.75) is 13.8 Å². The zero-order valence-corrected chi connectivity index (χ0v) is 12.7. The minimum absolute atomic E-state index is 0.0862. The Kier molecular flexibility index (Phi) is 6.13. The van der Waals surface area contributed by atoms with E-state index in [9.17, 15) is 14.7 Å². The highest BCUT2D eigenvalue weighted by Crippen LogP contribution is 2.29. The first kappa shape index (κ1) is 17.2. The molecule has 0 spiro atoms. The molecule has 2 N–H and O–H groups in total. The fourth-order valence-corrected chi connectivity index (χ4v) is 1.75. The number of benzene rings is 2. The number of methoxy groups -OCH3 is 1. The second-order valence-corrected chi connectivity index (χ2v) is 4.67. The van der Waals surface area contributed by atoms with E-state index in [0.717, 1.165) is 18.1 Å². The second kappa shape index (κ2) is 7.83. The van der Waals surface area contributed by atoms with Gasteiger partial charge >= 0.3 is 0 Å². The first-order valence-corrected chi connectivity index (χ1v) is 6.50. The smallest absolute Gasteiger partial charge is 0.161 e. The Balaban J connectivity index is 0.000000224. The number of ether oxygens (including phenoxy) is 1. The van der Waals surface area contributed by atoms with E-state index >= 15 is 0 Å². The maximum atomic E-state index is 10.4. The van der Waals surface area contributed by atoms with Crippen LogP contribution in [-0.4, -0.2) is 29.9 Å². The molecule has 0 radical (unpaired) electrons. The molecule has 0 aromatic heterocycles. The molecule has 0 amide bonds. The normalized spacial score (nSPS) is 9.41. The van der Waals surface area contributed by atoms with Crippen LogP contribution in [0.2, 0.25) is 0 Å². The SMILES string of the molecule is COc1cc(C=O)cc(C)c1O.Cc1cc(C=O)ccc1O. The van der Waals surface area contributed by atoms with Crippen LogP contribution in [0.4, 0.5) is 0 Å². The fourth-order valence-electron chi connectivity index (χ4n) is 1.75. The summed E-state index contributed by atoms with van der Waals surface area (Å²) in [6, 6.07) is 7.83. The van der Waals surface area contributed by atoms with E-state index < -0.39 is 0 Å². The predicted octanol–water partition coefficient (Wildman–Crippen LogP) is 3.03. The number of carbonyl (C=O) groups excluding carboxylic acids is 2. The van der Waals surface area contributed by atoms with Gasteiger partial charge in [-0.3, -0.25) is 9.59 Å². The minimum Gasteiger partial charge on any atom is -0.508 e. The highest BCUT2D eigenvalue weighted by atomic mass is 16.5. The topological polar surface area (TPSA) is 83.8 Å². The molecule has 0 unspecified atom stereocenters. The lowest BCUT2D eigenvalue weighted by Gasteiger charge is -2.05. The van der Waals surface area contributed by atoms with Gasteiger partial charge in [0.05, 0.1) is 7.11 Å². The van der Waals surface area contributed by atoms with Crippen LogP contribution < -0.4 is 4.74 Å². The van der Waals surface area contributed by atoms with Gasteiger partial charge in [-0.05, 0) is 55.3 Å². The quantitative estimate of drug-likeness (QED) is 0.851. The van der Waals surface area contributed by atoms with Crippen LogP contribution in [-0.2, 0) is 0 Å². The maximum absolute atomic E-state index is 10.4. The lowest BCUT2D eigenvalue weighted by molar-refractivity contribution is 0.111. The van der Waals surface area contributed by atoms with Crippen molar-refractivity contribution in [2.24, 2.45) is 0 Å². The van der Waals surface area contributed by atoms with Gasteiger partial charge < -0.3 is 14.9 Å². The summed E-state index contributed by atoms with van der Waals surface area (Å²) in [5.41, 5.74) is 2.46. The molecule has 5 heteroatoms. The van der Waals surface area contributed by atoms with Crippen LogP contribution in [0.15, 0.2) is 30.3 Å². The zero-order valence-electron chi connectivity index (χ0n) is 12.7. The number of aromatic hydroxyl groups is 2. The molecule has 0 atom stereocenters. The molecule has 0 aliphatic heterocycles. The van der Waals surface area contributed by atoms with Crippen LogP contribution in [0.1, 0.15) is 31.8 Å². The zero-order chi connectivity index (χ0) is 16.7. The van der Waals surface area contributed by atoms with E-state index in [1.165, 1.54) is 19.2 Å². The van der Waals surface area contributed by atoms with E-state index in [1.807, 2.05) is 0 Å². The predicted molar refractivity (Wildman–Crippen MR) is 83.0 cm³/mol. The van der Waals surface area contributed by atoms with Gasteiger partial charge in [-0.1, -0.05) is 0 Å². The van der Waals surface area contributed by atoms with E-state index in [0.29, 0.717) is 22.4 Å². The van der Waals surface area contributed by atoms with Crippen molar-refractivity contribution in [1.82, 2.24) is 0 Å². The van der Waals surface area contributed by atoms with Crippen LogP contribution in [0.25, 0.3) is 0 Å². The number of carbonyl (C=O) groups is 2. The van der Waals surface area contributed by atoms with Crippen molar-refractivity contribution < 1.29 is 24.5 Å². The summed E-state index contributed by atoms with van der Waals surface area (Å²) in [4.78, 5) is 20.6. The van der Waals surface area contributed by atoms with Gasteiger partial charge in [0.15, 0.2) is 11.5 Å².